The number of carbonyl (C=O) groups excluding carboxylic acids is 1. The number of carbonyl (C=O) groups is 1. The summed E-state index contributed by atoms with van der Waals surface area (Å²) in [7, 11) is 0. The van der Waals surface area contributed by atoms with E-state index in [1.807, 2.05) is 0 Å². The van der Waals surface area contributed by atoms with Crippen molar-refractivity contribution >= 4 is 5.97 Å². The van der Waals surface area contributed by atoms with Crippen LogP contribution >= 0.6 is 0 Å². The molecule has 0 aromatic rings. The molecule has 156 valence electrons. The van der Waals surface area contributed by atoms with Crippen LogP contribution in [0.15, 0.2) is 0 Å². The van der Waals surface area contributed by atoms with Crippen molar-refractivity contribution in [2.45, 2.75) is 95.7 Å². The molecule has 5 nitrogen and oxygen atoms in total. The molecule has 6 rings (SSSR count). The Balaban J connectivity index is 1.34. The molecule has 0 aromatic heterocycles. The number of esters is 1. The van der Waals surface area contributed by atoms with Gasteiger partial charge in [-0.15, -0.1) is 0 Å². The first kappa shape index (κ1) is 18.1. The van der Waals surface area contributed by atoms with Gasteiger partial charge in [0, 0.05) is 23.7 Å². The lowest BCUT2D eigenvalue weighted by molar-refractivity contribution is -0.218. The average molecular weight is 391 g/mol. The van der Waals surface area contributed by atoms with E-state index in [0.717, 1.165) is 44.9 Å². The predicted molar refractivity (Wildman–Crippen MR) is 101 cm³/mol. The van der Waals surface area contributed by atoms with Gasteiger partial charge in [-0.05, 0) is 68.1 Å². The molecule has 2 aliphatic heterocycles. The van der Waals surface area contributed by atoms with Gasteiger partial charge in [-0.1, -0.05) is 13.8 Å². The maximum atomic E-state index is 12.3. The Labute approximate surface area is 167 Å². The molecule has 2 unspecified atom stereocenters. The summed E-state index contributed by atoms with van der Waals surface area (Å²) in [6, 6.07) is 0. The molecule has 4 aliphatic carbocycles. The minimum atomic E-state index is -0.702. The van der Waals surface area contributed by atoms with Gasteiger partial charge in [0.1, 0.15) is 0 Å². The minimum Gasteiger partial charge on any atom is -0.435 e. The Bertz CT molecular complexity index is 709. The highest BCUT2D eigenvalue weighted by Crippen LogP contribution is 2.72. The van der Waals surface area contributed by atoms with E-state index in [9.17, 15) is 15.0 Å². The van der Waals surface area contributed by atoms with Gasteiger partial charge in [-0.3, -0.25) is 4.79 Å². The molecular formula is C23H34O5. The monoisotopic (exact) mass is 390 g/mol. The van der Waals surface area contributed by atoms with Crippen LogP contribution in [0.4, 0.5) is 0 Å². The molecule has 28 heavy (non-hydrogen) atoms. The summed E-state index contributed by atoms with van der Waals surface area (Å²) >= 11 is 0. The topological polar surface area (TPSA) is 76.0 Å². The molecule has 0 bridgehead atoms. The third-order valence-corrected chi connectivity index (χ3v) is 10.7. The highest BCUT2D eigenvalue weighted by atomic mass is 16.7. The highest BCUT2D eigenvalue weighted by Gasteiger charge is 2.74. The molecule has 5 heteroatoms. The fourth-order valence-corrected chi connectivity index (χ4v) is 9.29. The zero-order valence-corrected chi connectivity index (χ0v) is 17.1. The normalized spacial score (nSPS) is 62.4. The van der Waals surface area contributed by atoms with Gasteiger partial charge in [-0.25, -0.2) is 0 Å². The molecule has 4 saturated carbocycles. The van der Waals surface area contributed by atoms with Crippen molar-refractivity contribution in [3.8, 4) is 0 Å². The summed E-state index contributed by atoms with van der Waals surface area (Å²) in [5, 5.41) is 22.5. The summed E-state index contributed by atoms with van der Waals surface area (Å²) in [6.07, 6.45) is 7.93. The van der Waals surface area contributed by atoms with E-state index in [4.69, 9.17) is 9.47 Å². The predicted octanol–water partition coefficient (Wildman–Crippen LogP) is 3.02. The lowest BCUT2D eigenvalue weighted by atomic mass is 9.43. The van der Waals surface area contributed by atoms with Crippen LogP contribution in [0.5, 0.6) is 0 Å². The van der Waals surface area contributed by atoms with E-state index in [2.05, 4.69) is 13.8 Å². The van der Waals surface area contributed by atoms with E-state index < -0.39 is 5.60 Å². The van der Waals surface area contributed by atoms with Gasteiger partial charge in [0.05, 0.1) is 24.2 Å². The second-order valence-electron chi connectivity index (χ2n) is 11.4. The van der Waals surface area contributed by atoms with Crippen molar-refractivity contribution in [1.29, 1.82) is 0 Å². The van der Waals surface area contributed by atoms with Crippen LogP contribution in [-0.2, 0) is 14.3 Å². The second-order valence-corrected chi connectivity index (χ2v) is 11.4. The molecule has 2 saturated heterocycles. The lowest BCUT2D eigenvalue weighted by Gasteiger charge is -2.63. The van der Waals surface area contributed by atoms with Gasteiger partial charge >= 0.3 is 5.97 Å². The zero-order chi connectivity index (χ0) is 19.5. The lowest BCUT2D eigenvalue weighted by Crippen LogP contribution is -2.62. The molecule has 11 atom stereocenters. The van der Waals surface area contributed by atoms with E-state index in [1.165, 1.54) is 0 Å². The molecule has 2 N–H and O–H groups in total. The van der Waals surface area contributed by atoms with Crippen LogP contribution in [0.1, 0.15) is 71.6 Å². The molecule has 0 radical (unpaired) electrons. The third-order valence-electron chi connectivity index (χ3n) is 10.7. The third kappa shape index (κ3) is 2.02. The van der Waals surface area contributed by atoms with Gasteiger partial charge in [0.15, 0.2) is 0 Å². The van der Waals surface area contributed by atoms with E-state index in [1.54, 1.807) is 0 Å². The first-order chi connectivity index (χ1) is 13.3. The first-order valence-corrected chi connectivity index (χ1v) is 11.5. The number of fused-ring (bicyclic) bond motifs is 9. The number of hydrogen-bond acceptors (Lipinski definition) is 5. The summed E-state index contributed by atoms with van der Waals surface area (Å²) < 4.78 is 11.6. The van der Waals surface area contributed by atoms with Crippen LogP contribution < -0.4 is 0 Å². The van der Waals surface area contributed by atoms with Crippen molar-refractivity contribution in [3.63, 3.8) is 0 Å². The van der Waals surface area contributed by atoms with Gasteiger partial charge < -0.3 is 19.7 Å². The van der Waals surface area contributed by atoms with Crippen molar-refractivity contribution in [1.82, 2.24) is 0 Å². The number of rotatable bonds is 0. The Morgan fingerprint density at radius 2 is 1.89 bits per heavy atom. The Morgan fingerprint density at radius 1 is 1.07 bits per heavy atom. The Hall–Kier alpha value is -0.650. The second kappa shape index (κ2) is 5.53. The molecule has 6 aliphatic rings. The van der Waals surface area contributed by atoms with E-state index in [0.29, 0.717) is 30.6 Å². The summed E-state index contributed by atoms with van der Waals surface area (Å²) in [5.74, 6) is 1.64. The number of hydrogen-bond donors (Lipinski definition) is 2. The number of ether oxygens (including phenoxy) is 2. The van der Waals surface area contributed by atoms with Crippen LogP contribution in [0.2, 0.25) is 0 Å². The maximum Gasteiger partial charge on any atom is 0.308 e. The zero-order valence-electron chi connectivity index (χ0n) is 17.1. The number of aliphatic hydroxyl groups is 2. The fraction of sp³-hybridized carbons (Fsp3) is 0.957. The molecule has 0 amide bonds. The first-order valence-electron chi connectivity index (χ1n) is 11.5. The van der Waals surface area contributed by atoms with Gasteiger partial charge in [0.25, 0.3) is 0 Å². The van der Waals surface area contributed by atoms with Crippen molar-refractivity contribution in [2.75, 3.05) is 0 Å². The summed E-state index contributed by atoms with van der Waals surface area (Å²) in [6.45, 7) is 4.72. The summed E-state index contributed by atoms with van der Waals surface area (Å²) in [5.41, 5.74) is -0.651. The SMILES string of the molecule is C[C@]12CC[C@H](O)C[C@H]1CCC1C2CC[C@]2(C)[C@H]3[C@@H]4CC(=O)O[C@@H]4O[C@H]3C[C@]12O. The Kier molecular flexibility index (Phi) is 3.58. The van der Waals surface area contributed by atoms with Gasteiger partial charge in [-0.2, -0.15) is 0 Å². The van der Waals surface area contributed by atoms with Crippen LogP contribution in [0.3, 0.4) is 0 Å². The highest BCUT2D eigenvalue weighted by molar-refractivity contribution is 5.72. The van der Waals surface area contributed by atoms with Crippen molar-refractivity contribution < 1.29 is 24.5 Å². The average Bonchev–Trinajstić information content (AvgIpc) is 3.20. The summed E-state index contributed by atoms with van der Waals surface area (Å²) in [4.78, 5) is 11.9. The van der Waals surface area contributed by atoms with Crippen molar-refractivity contribution in [2.24, 2.45) is 40.4 Å². The fourth-order valence-electron chi connectivity index (χ4n) is 9.29. The van der Waals surface area contributed by atoms with Gasteiger partial charge in [0.2, 0.25) is 6.29 Å². The van der Waals surface area contributed by atoms with E-state index in [-0.39, 0.29) is 47.1 Å². The molecule has 0 aromatic carbocycles. The van der Waals surface area contributed by atoms with Crippen LogP contribution in [0, 0.1) is 40.4 Å². The van der Waals surface area contributed by atoms with Crippen LogP contribution in [0.25, 0.3) is 0 Å². The molecule has 6 fully saturated rings. The Morgan fingerprint density at radius 3 is 2.71 bits per heavy atom. The standard InChI is InChI=1S/C23H34O5/c1-21-7-5-13(24)9-12(21)3-4-16-15(21)6-8-22(2)19-14-10-18(25)28-20(14)27-17(19)11-23(16,22)26/h12-17,19-20,24,26H,3-11H2,1-2H3/t12-,13+,14+,15?,16?,17+,19+,20+,21+,22-,23+/m1/s1. The smallest absolute Gasteiger partial charge is 0.308 e. The molecule has 0 spiro atoms. The number of aliphatic hydroxyl groups excluding tert-OH is 1. The quantitative estimate of drug-likeness (QED) is 0.622. The maximum absolute atomic E-state index is 12.3. The van der Waals surface area contributed by atoms with Crippen LogP contribution in [-0.4, -0.2) is 40.3 Å². The molecule has 2 heterocycles. The largest absolute Gasteiger partial charge is 0.435 e. The minimum absolute atomic E-state index is 0.0237. The molecular weight excluding hydrogens is 356 g/mol. The van der Waals surface area contributed by atoms with E-state index >= 15 is 0 Å². The van der Waals surface area contributed by atoms with Crippen molar-refractivity contribution in [3.05, 3.63) is 0 Å².